The third-order valence-electron chi connectivity index (χ3n) is 5.10. The second kappa shape index (κ2) is 8.68. The molecular weight excluding hydrogens is 368 g/mol. The molecule has 0 aliphatic carbocycles. The third-order valence-corrected chi connectivity index (χ3v) is 5.10. The minimum atomic E-state index is -0.429. The fraction of sp³-hybridized carbons (Fsp3) is 0.273. The SMILES string of the molecule is CN=C1CN(c2ccc(C(=N)N)cc2)C(=O)C1c1ccc(CCC(=O)OC)cc1. The number of benzene rings is 2. The lowest BCUT2D eigenvalue weighted by molar-refractivity contribution is -0.140. The molecule has 7 nitrogen and oxygen atoms in total. The van der Waals surface area contributed by atoms with Crippen molar-refractivity contribution in [2.24, 2.45) is 10.7 Å². The molecule has 29 heavy (non-hydrogen) atoms. The van der Waals surface area contributed by atoms with E-state index in [0.29, 0.717) is 24.9 Å². The van der Waals surface area contributed by atoms with Gasteiger partial charge in [-0.1, -0.05) is 24.3 Å². The van der Waals surface area contributed by atoms with Gasteiger partial charge in [-0.2, -0.15) is 0 Å². The summed E-state index contributed by atoms with van der Waals surface area (Å²) in [4.78, 5) is 30.5. The largest absolute Gasteiger partial charge is 0.469 e. The smallest absolute Gasteiger partial charge is 0.305 e. The molecule has 1 heterocycles. The van der Waals surface area contributed by atoms with Gasteiger partial charge >= 0.3 is 5.97 Å². The molecule has 7 heteroatoms. The van der Waals surface area contributed by atoms with Crippen LogP contribution in [0.2, 0.25) is 0 Å². The van der Waals surface area contributed by atoms with Crippen LogP contribution >= 0.6 is 0 Å². The van der Waals surface area contributed by atoms with Gasteiger partial charge < -0.3 is 15.4 Å². The quantitative estimate of drug-likeness (QED) is 0.446. The van der Waals surface area contributed by atoms with Crippen molar-refractivity contribution in [3.05, 3.63) is 65.2 Å². The number of nitrogen functional groups attached to an aromatic ring is 1. The molecule has 1 fully saturated rings. The second-order valence-corrected chi connectivity index (χ2v) is 6.85. The lowest BCUT2D eigenvalue weighted by Gasteiger charge is -2.16. The zero-order chi connectivity index (χ0) is 21.0. The average molecular weight is 392 g/mol. The summed E-state index contributed by atoms with van der Waals surface area (Å²) in [6, 6.07) is 14.8. The summed E-state index contributed by atoms with van der Waals surface area (Å²) in [5.41, 5.74) is 9.55. The molecule has 0 bridgehead atoms. The number of carbonyl (C=O) groups is 2. The van der Waals surface area contributed by atoms with Crippen molar-refractivity contribution in [3.8, 4) is 0 Å². The summed E-state index contributed by atoms with van der Waals surface area (Å²) >= 11 is 0. The van der Waals surface area contributed by atoms with Crippen LogP contribution in [-0.2, 0) is 20.7 Å². The third kappa shape index (κ3) is 4.34. The number of esters is 1. The lowest BCUT2D eigenvalue weighted by atomic mass is 9.94. The standard InChI is InChI=1S/C22H24N4O3/c1-25-18-13-26(17-10-8-16(9-11-17)21(23)24)22(28)20(18)15-6-3-14(4-7-15)5-12-19(27)29-2/h3-4,6-11,20H,5,12-13H2,1-2H3,(H3,23,24). The lowest BCUT2D eigenvalue weighted by Crippen LogP contribution is -2.26. The summed E-state index contributed by atoms with van der Waals surface area (Å²) in [6.07, 6.45) is 0.915. The molecular formula is C22H24N4O3. The van der Waals surface area contributed by atoms with Crippen LogP contribution in [-0.4, -0.2) is 44.1 Å². The summed E-state index contributed by atoms with van der Waals surface area (Å²) < 4.78 is 4.67. The molecule has 1 aliphatic heterocycles. The van der Waals surface area contributed by atoms with Gasteiger partial charge in [-0.25, -0.2) is 0 Å². The molecule has 1 saturated heterocycles. The van der Waals surface area contributed by atoms with Gasteiger partial charge in [0.1, 0.15) is 11.8 Å². The number of nitrogens with one attached hydrogen (secondary N) is 1. The molecule has 150 valence electrons. The maximum absolute atomic E-state index is 13.2. The van der Waals surface area contributed by atoms with E-state index in [2.05, 4.69) is 9.73 Å². The first kappa shape index (κ1) is 20.3. The maximum Gasteiger partial charge on any atom is 0.305 e. The number of carbonyl (C=O) groups excluding carboxylic acids is 2. The molecule has 3 rings (SSSR count). The van der Waals surface area contributed by atoms with Crippen molar-refractivity contribution >= 4 is 29.1 Å². The normalized spacial score (nSPS) is 17.6. The highest BCUT2D eigenvalue weighted by atomic mass is 16.5. The number of aliphatic imine (C=N–C) groups is 1. The average Bonchev–Trinajstić information content (AvgIpc) is 3.08. The number of methoxy groups -OCH3 is 1. The number of amides is 1. The van der Waals surface area contributed by atoms with E-state index in [4.69, 9.17) is 11.1 Å². The maximum atomic E-state index is 13.2. The summed E-state index contributed by atoms with van der Waals surface area (Å²) in [5.74, 6) is -0.720. The number of rotatable bonds is 6. The van der Waals surface area contributed by atoms with E-state index in [9.17, 15) is 9.59 Å². The molecule has 1 aliphatic rings. The molecule has 0 aromatic heterocycles. The van der Waals surface area contributed by atoms with Crippen molar-refractivity contribution < 1.29 is 14.3 Å². The monoisotopic (exact) mass is 392 g/mol. The minimum absolute atomic E-state index is 0.00901. The van der Waals surface area contributed by atoms with Gasteiger partial charge in [0.05, 0.1) is 13.7 Å². The number of anilines is 1. The Morgan fingerprint density at radius 1 is 1.21 bits per heavy atom. The predicted molar refractivity (Wildman–Crippen MR) is 113 cm³/mol. The topological polar surface area (TPSA) is 109 Å². The van der Waals surface area contributed by atoms with Gasteiger partial charge in [0, 0.05) is 30.4 Å². The highest BCUT2D eigenvalue weighted by Gasteiger charge is 2.38. The summed E-state index contributed by atoms with van der Waals surface area (Å²) in [5, 5.41) is 7.50. The number of amidine groups is 1. The Labute approximate surface area is 169 Å². The summed E-state index contributed by atoms with van der Waals surface area (Å²) in [7, 11) is 3.07. The van der Waals surface area contributed by atoms with Gasteiger partial charge in [-0.05, 0) is 41.8 Å². The molecule has 0 saturated carbocycles. The van der Waals surface area contributed by atoms with Gasteiger partial charge in [0.15, 0.2) is 0 Å². The van der Waals surface area contributed by atoms with Crippen LogP contribution in [0.5, 0.6) is 0 Å². The van der Waals surface area contributed by atoms with E-state index in [0.717, 1.165) is 22.5 Å². The van der Waals surface area contributed by atoms with Crippen LogP contribution in [0.25, 0.3) is 0 Å². The Morgan fingerprint density at radius 3 is 2.41 bits per heavy atom. The van der Waals surface area contributed by atoms with Gasteiger partial charge in [-0.3, -0.25) is 20.0 Å². The fourth-order valence-electron chi connectivity index (χ4n) is 3.43. The minimum Gasteiger partial charge on any atom is -0.469 e. The first-order chi connectivity index (χ1) is 13.9. The van der Waals surface area contributed by atoms with Gasteiger partial charge in [0.2, 0.25) is 5.91 Å². The highest BCUT2D eigenvalue weighted by Crippen LogP contribution is 2.31. The Bertz CT molecular complexity index is 949. The zero-order valence-corrected chi connectivity index (χ0v) is 16.5. The Hall–Kier alpha value is -3.48. The predicted octanol–water partition coefficient (Wildman–Crippen LogP) is 2.28. The van der Waals surface area contributed by atoms with E-state index >= 15 is 0 Å². The number of hydrogen-bond acceptors (Lipinski definition) is 5. The van der Waals surface area contributed by atoms with Crippen molar-refractivity contribution in [1.29, 1.82) is 5.41 Å². The van der Waals surface area contributed by atoms with Gasteiger partial charge in [-0.15, -0.1) is 0 Å². The second-order valence-electron chi connectivity index (χ2n) is 6.85. The van der Waals surface area contributed by atoms with E-state index in [1.54, 1.807) is 36.2 Å². The molecule has 1 unspecified atom stereocenters. The molecule has 1 atom stereocenters. The first-order valence-corrected chi connectivity index (χ1v) is 9.31. The van der Waals surface area contributed by atoms with E-state index < -0.39 is 5.92 Å². The van der Waals surface area contributed by atoms with E-state index in [1.807, 2.05) is 24.3 Å². The molecule has 0 spiro atoms. The first-order valence-electron chi connectivity index (χ1n) is 9.31. The van der Waals surface area contributed by atoms with Crippen molar-refractivity contribution in [2.45, 2.75) is 18.8 Å². The fourth-order valence-corrected chi connectivity index (χ4v) is 3.43. The Kier molecular flexibility index (Phi) is 6.07. The summed E-state index contributed by atoms with van der Waals surface area (Å²) in [6.45, 7) is 0.420. The molecule has 2 aromatic carbocycles. The van der Waals surface area contributed by atoms with Crippen LogP contribution in [0.4, 0.5) is 5.69 Å². The van der Waals surface area contributed by atoms with Crippen molar-refractivity contribution in [2.75, 3.05) is 25.6 Å². The Balaban J connectivity index is 1.79. The zero-order valence-electron chi connectivity index (χ0n) is 16.5. The molecule has 0 radical (unpaired) electrons. The molecule has 1 amide bonds. The van der Waals surface area contributed by atoms with Crippen LogP contribution in [0.1, 0.15) is 29.0 Å². The van der Waals surface area contributed by atoms with Crippen molar-refractivity contribution in [3.63, 3.8) is 0 Å². The number of hydrogen-bond donors (Lipinski definition) is 2. The van der Waals surface area contributed by atoms with Crippen LogP contribution in [0.15, 0.2) is 53.5 Å². The van der Waals surface area contributed by atoms with E-state index in [-0.39, 0.29) is 17.7 Å². The number of nitrogens with two attached hydrogens (primary N) is 1. The van der Waals surface area contributed by atoms with E-state index in [1.165, 1.54) is 7.11 Å². The van der Waals surface area contributed by atoms with Gasteiger partial charge in [0.25, 0.3) is 0 Å². The Morgan fingerprint density at radius 2 is 1.86 bits per heavy atom. The molecule has 2 aromatic rings. The van der Waals surface area contributed by atoms with Crippen LogP contribution in [0.3, 0.4) is 0 Å². The highest BCUT2D eigenvalue weighted by molar-refractivity contribution is 6.23. The number of ether oxygens (including phenoxy) is 1. The number of nitrogens with zero attached hydrogens (tertiary/aromatic N) is 2. The van der Waals surface area contributed by atoms with Crippen LogP contribution < -0.4 is 10.6 Å². The molecule has 3 N–H and O–H groups in total. The van der Waals surface area contributed by atoms with Crippen molar-refractivity contribution in [1.82, 2.24) is 0 Å². The van der Waals surface area contributed by atoms with Crippen LogP contribution in [0, 0.1) is 5.41 Å². The number of aryl methyl sites for hydroxylation is 1.